The van der Waals surface area contributed by atoms with E-state index in [2.05, 4.69) is 56.6 Å². The normalized spacial score (nSPS) is 15.8. The Morgan fingerprint density at radius 2 is 1.87 bits per heavy atom. The molecule has 1 saturated carbocycles. The second-order valence-corrected chi connectivity index (χ2v) is 10.2. The Balaban J connectivity index is 0.00000195. The number of amidine groups is 1. The van der Waals surface area contributed by atoms with Crippen molar-refractivity contribution in [2.24, 2.45) is 14.8 Å². The summed E-state index contributed by atoms with van der Waals surface area (Å²) in [5.41, 5.74) is 8.84. The van der Waals surface area contributed by atoms with Crippen LogP contribution in [-0.4, -0.2) is 36.4 Å². The molecule has 38 heavy (non-hydrogen) atoms. The molecule has 1 fully saturated rings. The fourth-order valence-electron chi connectivity index (χ4n) is 5.10. The van der Waals surface area contributed by atoms with Crippen LogP contribution in [0.5, 0.6) is 5.75 Å². The van der Waals surface area contributed by atoms with Gasteiger partial charge in [-0.1, -0.05) is 56.2 Å². The summed E-state index contributed by atoms with van der Waals surface area (Å²) in [4.78, 5) is 14.6. The molecule has 0 saturated heterocycles. The second-order valence-electron chi connectivity index (χ2n) is 9.72. The molecule has 4 rings (SSSR count). The molecule has 4 N–H and O–H groups in total. The number of benzene rings is 2. The number of nitrogens with two attached hydrogens (primary N) is 2. The number of hydrazine groups is 1. The number of carbonyl (C=O) groups is 1. The summed E-state index contributed by atoms with van der Waals surface area (Å²) in [7, 11) is 1.50. The summed E-state index contributed by atoms with van der Waals surface area (Å²) < 4.78 is 10.5. The van der Waals surface area contributed by atoms with Crippen LogP contribution in [0.4, 0.5) is 5.69 Å². The van der Waals surface area contributed by atoms with Crippen molar-refractivity contribution in [2.75, 3.05) is 18.6 Å². The molecule has 0 spiro atoms. The van der Waals surface area contributed by atoms with E-state index < -0.39 is 0 Å². The first kappa shape index (κ1) is 30.1. The van der Waals surface area contributed by atoms with Crippen LogP contribution in [0, 0.1) is 0 Å². The SMILES string of the molecule is C=Cc1ccc(CN2C(=O)CCc3cc(OCCCC/C(=N\I)N(N)C4CCCCC4)ccc32)cc1.CN. The van der Waals surface area contributed by atoms with E-state index >= 15 is 0 Å². The molecular weight excluding hydrogens is 589 g/mol. The predicted octanol–water partition coefficient (Wildman–Crippen LogP) is 6.19. The molecule has 1 aliphatic heterocycles. The van der Waals surface area contributed by atoms with Gasteiger partial charge in [0.1, 0.15) is 11.6 Å². The van der Waals surface area contributed by atoms with E-state index in [1.807, 2.05) is 40.3 Å². The largest absolute Gasteiger partial charge is 0.494 e. The first-order chi connectivity index (χ1) is 18.6. The van der Waals surface area contributed by atoms with E-state index in [4.69, 9.17) is 10.6 Å². The second kappa shape index (κ2) is 15.9. The molecule has 7 nitrogen and oxygen atoms in total. The molecule has 8 heteroatoms. The topological polar surface area (TPSA) is 97.2 Å². The van der Waals surface area contributed by atoms with E-state index in [9.17, 15) is 4.79 Å². The number of hydrogen-bond acceptors (Lipinski definition) is 5. The van der Waals surface area contributed by atoms with Gasteiger partial charge in [0, 0.05) is 24.6 Å². The van der Waals surface area contributed by atoms with Gasteiger partial charge in [-0.15, -0.1) is 0 Å². The highest BCUT2D eigenvalue weighted by Gasteiger charge is 2.25. The van der Waals surface area contributed by atoms with Crippen molar-refractivity contribution in [1.29, 1.82) is 0 Å². The zero-order valence-electron chi connectivity index (χ0n) is 22.6. The number of halogens is 1. The fraction of sp³-hybridized carbons (Fsp3) is 0.467. The van der Waals surface area contributed by atoms with Gasteiger partial charge in [0.05, 0.1) is 36.0 Å². The van der Waals surface area contributed by atoms with Crippen LogP contribution >= 0.6 is 22.9 Å². The highest BCUT2D eigenvalue weighted by molar-refractivity contribution is 14.1. The fourth-order valence-corrected chi connectivity index (χ4v) is 5.59. The molecular formula is C30H42IN5O2. The number of ether oxygens (including phenoxy) is 1. The molecule has 0 aromatic heterocycles. The molecule has 2 aliphatic rings. The van der Waals surface area contributed by atoms with Crippen molar-refractivity contribution < 1.29 is 9.53 Å². The van der Waals surface area contributed by atoms with Gasteiger partial charge in [-0.05, 0) is 74.0 Å². The van der Waals surface area contributed by atoms with Crippen LogP contribution < -0.4 is 21.2 Å². The minimum absolute atomic E-state index is 0.166. The van der Waals surface area contributed by atoms with Crippen LogP contribution in [0.2, 0.25) is 0 Å². The Morgan fingerprint density at radius 1 is 1.13 bits per heavy atom. The van der Waals surface area contributed by atoms with Gasteiger partial charge in [0.15, 0.2) is 0 Å². The van der Waals surface area contributed by atoms with E-state index in [1.54, 1.807) is 0 Å². The first-order valence-electron chi connectivity index (χ1n) is 13.7. The van der Waals surface area contributed by atoms with Gasteiger partial charge in [0.25, 0.3) is 0 Å². The zero-order valence-corrected chi connectivity index (χ0v) is 24.7. The lowest BCUT2D eigenvalue weighted by atomic mass is 9.95. The highest BCUT2D eigenvalue weighted by Crippen LogP contribution is 2.32. The van der Waals surface area contributed by atoms with Gasteiger partial charge in [-0.25, -0.2) is 9.05 Å². The molecule has 1 heterocycles. The van der Waals surface area contributed by atoms with Crippen molar-refractivity contribution in [3.8, 4) is 5.75 Å². The third-order valence-electron chi connectivity index (χ3n) is 7.23. The minimum atomic E-state index is 0.166. The van der Waals surface area contributed by atoms with Crippen molar-refractivity contribution in [1.82, 2.24) is 5.01 Å². The lowest BCUT2D eigenvalue weighted by Gasteiger charge is -2.32. The van der Waals surface area contributed by atoms with Gasteiger partial charge >= 0.3 is 0 Å². The van der Waals surface area contributed by atoms with Crippen molar-refractivity contribution >= 4 is 46.4 Å². The van der Waals surface area contributed by atoms with Gasteiger partial charge in [-0.2, -0.15) is 0 Å². The minimum Gasteiger partial charge on any atom is -0.494 e. The van der Waals surface area contributed by atoms with Crippen LogP contribution in [0.25, 0.3) is 6.08 Å². The van der Waals surface area contributed by atoms with Crippen molar-refractivity contribution in [3.63, 3.8) is 0 Å². The number of rotatable bonds is 10. The standard InChI is InChI=1S/C29H37IN4O2.CH5N/c1-2-22-11-13-23(14-12-22)21-33-27-17-16-26(20-24(27)15-18-29(33)35)36-19-7-6-10-28(32-30)34(31)25-8-4-3-5-9-25;1-2/h2,11-14,16-17,20,25H,1,3-10,15,18-19,21,31H2;2H2,1H3/b32-28+;. The van der Waals surface area contributed by atoms with E-state index in [-0.39, 0.29) is 5.91 Å². The number of unbranched alkanes of at least 4 members (excludes halogenated alkanes) is 1. The van der Waals surface area contributed by atoms with Crippen molar-refractivity contribution in [2.45, 2.75) is 76.8 Å². The third kappa shape index (κ3) is 8.28. The quantitative estimate of drug-likeness (QED) is 0.0815. The summed E-state index contributed by atoms with van der Waals surface area (Å²) in [6, 6.07) is 14.7. The maximum absolute atomic E-state index is 12.7. The Kier molecular flexibility index (Phi) is 12.6. The predicted molar refractivity (Wildman–Crippen MR) is 166 cm³/mol. The molecule has 2 aromatic rings. The average molecular weight is 632 g/mol. The van der Waals surface area contributed by atoms with Crippen LogP contribution in [-0.2, 0) is 17.8 Å². The molecule has 0 atom stereocenters. The van der Waals surface area contributed by atoms with Crippen molar-refractivity contribution in [3.05, 3.63) is 65.7 Å². The van der Waals surface area contributed by atoms with Gasteiger partial charge in [0.2, 0.25) is 5.91 Å². The zero-order chi connectivity index (χ0) is 27.3. The number of fused-ring (bicyclic) bond motifs is 1. The lowest BCUT2D eigenvalue weighted by Crippen LogP contribution is -2.46. The summed E-state index contributed by atoms with van der Waals surface area (Å²) in [6.07, 6.45) is 12.1. The Labute approximate surface area is 241 Å². The molecule has 1 amide bonds. The number of amides is 1. The van der Waals surface area contributed by atoms with Crippen LogP contribution in [0.3, 0.4) is 0 Å². The number of anilines is 1. The molecule has 2 aromatic carbocycles. The number of carbonyl (C=O) groups excluding carboxylic acids is 1. The number of aryl methyl sites for hydroxylation is 1. The third-order valence-corrected chi connectivity index (χ3v) is 7.79. The van der Waals surface area contributed by atoms with Crippen LogP contribution in [0.15, 0.2) is 52.2 Å². The lowest BCUT2D eigenvalue weighted by molar-refractivity contribution is -0.119. The van der Waals surface area contributed by atoms with Gasteiger partial charge < -0.3 is 15.4 Å². The molecule has 206 valence electrons. The first-order valence-corrected chi connectivity index (χ1v) is 14.6. The number of hydrogen-bond donors (Lipinski definition) is 2. The van der Waals surface area contributed by atoms with E-state index in [1.165, 1.54) is 31.9 Å². The van der Waals surface area contributed by atoms with Gasteiger partial charge in [-0.3, -0.25) is 9.80 Å². The average Bonchev–Trinajstić information content (AvgIpc) is 2.98. The molecule has 0 unspecified atom stereocenters. The van der Waals surface area contributed by atoms with Crippen LogP contribution in [0.1, 0.15) is 74.5 Å². The molecule has 0 bridgehead atoms. The smallest absolute Gasteiger partial charge is 0.227 e. The summed E-state index contributed by atoms with van der Waals surface area (Å²) in [5.74, 6) is 8.41. The summed E-state index contributed by atoms with van der Waals surface area (Å²) in [5, 5.41) is 1.91. The summed E-state index contributed by atoms with van der Waals surface area (Å²) >= 11 is 2.07. The molecule has 0 radical (unpaired) electrons. The Hall–Kier alpha value is -2.43. The summed E-state index contributed by atoms with van der Waals surface area (Å²) in [6.45, 7) is 5.03. The Bertz CT molecular complexity index is 1070. The van der Waals surface area contributed by atoms with E-state index in [0.717, 1.165) is 66.9 Å². The van der Waals surface area contributed by atoms with E-state index in [0.29, 0.717) is 25.6 Å². The monoisotopic (exact) mass is 631 g/mol. The maximum atomic E-state index is 12.7. The maximum Gasteiger partial charge on any atom is 0.227 e. The Morgan fingerprint density at radius 3 is 2.55 bits per heavy atom. The number of nitrogens with zero attached hydrogens (tertiary/aromatic N) is 3. The molecule has 1 aliphatic carbocycles. The highest BCUT2D eigenvalue weighted by atomic mass is 127.